The van der Waals surface area contributed by atoms with Gasteiger partial charge in [0.1, 0.15) is 5.75 Å². The molecule has 2 N–H and O–H groups in total. The first-order valence-electron chi connectivity index (χ1n) is 5.20. The molecule has 2 atom stereocenters. The number of hydrogen-bond acceptors (Lipinski definition) is 2. The molecule has 76 valence electrons. The Bertz CT molecular complexity index is 309. The Kier molecular flexibility index (Phi) is 2.73. The van der Waals surface area contributed by atoms with Gasteiger partial charge in [-0.05, 0) is 49.3 Å². The van der Waals surface area contributed by atoms with Gasteiger partial charge in [-0.1, -0.05) is 12.1 Å². The summed E-state index contributed by atoms with van der Waals surface area (Å²) in [4.78, 5) is 0. The number of aromatic hydroxyl groups is 1. The van der Waals surface area contributed by atoms with Gasteiger partial charge in [-0.3, -0.25) is 0 Å². The van der Waals surface area contributed by atoms with E-state index in [-0.39, 0.29) is 6.10 Å². The van der Waals surface area contributed by atoms with E-state index in [4.69, 9.17) is 0 Å². The molecule has 0 heterocycles. The van der Waals surface area contributed by atoms with E-state index in [1.807, 2.05) is 18.2 Å². The summed E-state index contributed by atoms with van der Waals surface area (Å²) in [5, 5.41) is 18.7. The molecule has 2 rings (SSSR count). The second-order valence-corrected chi connectivity index (χ2v) is 4.21. The zero-order valence-corrected chi connectivity index (χ0v) is 8.19. The predicted octanol–water partition coefficient (Wildman–Crippen LogP) is 2.10. The van der Waals surface area contributed by atoms with Crippen molar-refractivity contribution < 1.29 is 10.2 Å². The van der Waals surface area contributed by atoms with Crippen LogP contribution >= 0.6 is 0 Å². The van der Waals surface area contributed by atoms with Crippen molar-refractivity contribution in [2.45, 2.75) is 31.8 Å². The van der Waals surface area contributed by atoms with Crippen LogP contribution in [0, 0.1) is 5.92 Å². The average molecular weight is 192 g/mol. The molecular weight excluding hydrogens is 176 g/mol. The fourth-order valence-electron chi connectivity index (χ4n) is 2.25. The standard InChI is InChI=1S/C12H16O2/c13-11-3-1-2-9(7-11)6-10-4-5-12(14)8-10/h1-3,7,10,12-14H,4-6,8H2. The largest absolute Gasteiger partial charge is 0.508 e. The van der Waals surface area contributed by atoms with Crippen molar-refractivity contribution in [2.75, 3.05) is 0 Å². The Labute approximate surface area is 84.2 Å². The van der Waals surface area contributed by atoms with Crippen LogP contribution in [0.3, 0.4) is 0 Å². The molecule has 14 heavy (non-hydrogen) atoms. The maximum absolute atomic E-state index is 9.38. The zero-order chi connectivity index (χ0) is 9.97. The van der Waals surface area contributed by atoms with Gasteiger partial charge in [0.25, 0.3) is 0 Å². The van der Waals surface area contributed by atoms with Crippen LogP contribution in [0.25, 0.3) is 0 Å². The van der Waals surface area contributed by atoms with Gasteiger partial charge in [0.15, 0.2) is 0 Å². The van der Waals surface area contributed by atoms with Gasteiger partial charge in [0.05, 0.1) is 6.10 Å². The van der Waals surface area contributed by atoms with Crippen molar-refractivity contribution >= 4 is 0 Å². The monoisotopic (exact) mass is 192 g/mol. The minimum Gasteiger partial charge on any atom is -0.508 e. The third kappa shape index (κ3) is 2.26. The van der Waals surface area contributed by atoms with Crippen LogP contribution < -0.4 is 0 Å². The van der Waals surface area contributed by atoms with Crippen molar-refractivity contribution in [2.24, 2.45) is 5.92 Å². The van der Waals surface area contributed by atoms with E-state index in [0.29, 0.717) is 11.7 Å². The lowest BCUT2D eigenvalue weighted by atomic mass is 9.98. The van der Waals surface area contributed by atoms with E-state index >= 15 is 0 Å². The lowest BCUT2D eigenvalue weighted by molar-refractivity contribution is 0.177. The maximum atomic E-state index is 9.38. The lowest BCUT2D eigenvalue weighted by Crippen LogP contribution is -2.02. The molecule has 2 heteroatoms. The first kappa shape index (κ1) is 9.53. The molecule has 1 aromatic carbocycles. The molecule has 1 aromatic rings. The summed E-state index contributed by atoms with van der Waals surface area (Å²) in [5.41, 5.74) is 1.17. The van der Waals surface area contributed by atoms with Crippen LogP contribution in [-0.4, -0.2) is 16.3 Å². The summed E-state index contributed by atoms with van der Waals surface area (Å²) in [6.45, 7) is 0. The van der Waals surface area contributed by atoms with Crippen LogP contribution in [0.5, 0.6) is 5.75 Å². The lowest BCUT2D eigenvalue weighted by Gasteiger charge is -2.08. The van der Waals surface area contributed by atoms with E-state index in [1.54, 1.807) is 6.07 Å². The Hall–Kier alpha value is -1.02. The van der Waals surface area contributed by atoms with E-state index in [1.165, 1.54) is 5.56 Å². The molecule has 0 bridgehead atoms. The first-order chi connectivity index (χ1) is 6.74. The Balaban J connectivity index is 1.97. The topological polar surface area (TPSA) is 40.5 Å². The molecule has 0 saturated heterocycles. The summed E-state index contributed by atoms with van der Waals surface area (Å²) < 4.78 is 0. The van der Waals surface area contributed by atoms with Gasteiger partial charge in [-0.25, -0.2) is 0 Å². The number of phenolic OH excluding ortho intramolecular Hbond substituents is 1. The molecule has 2 unspecified atom stereocenters. The zero-order valence-electron chi connectivity index (χ0n) is 8.19. The molecule has 0 spiro atoms. The number of phenols is 1. The molecule has 1 fully saturated rings. The molecule has 1 aliphatic carbocycles. The Morgan fingerprint density at radius 3 is 2.79 bits per heavy atom. The molecule has 0 aromatic heterocycles. The van der Waals surface area contributed by atoms with E-state index < -0.39 is 0 Å². The first-order valence-corrected chi connectivity index (χ1v) is 5.20. The second kappa shape index (κ2) is 4.01. The smallest absolute Gasteiger partial charge is 0.115 e. The van der Waals surface area contributed by atoms with Gasteiger partial charge >= 0.3 is 0 Å². The highest BCUT2D eigenvalue weighted by Crippen LogP contribution is 2.29. The van der Waals surface area contributed by atoms with Gasteiger partial charge in [0, 0.05) is 0 Å². The van der Waals surface area contributed by atoms with E-state index in [2.05, 4.69) is 0 Å². The molecule has 1 saturated carbocycles. The number of hydrogen-bond donors (Lipinski definition) is 2. The van der Waals surface area contributed by atoms with Gasteiger partial charge in [-0.15, -0.1) is 0 Å². The fraction of sp³-hybridized carbons (Fsp3) is 0.500. The van der Waals surface area contributed by atoms with Crippen LogP contribution in [0.2, 0.25) is 0 Å². The summed E-state index contributed by atoms with van der Waals surface area (Å²) in [7, 11) is 0. The second-order valence-electron chi connectivity index (χ2n) is 4.21. The minimum atomic E-state index is -0.0997. The highest BCUT2D eigenvalue weighted by atomic mass is 16.3. The highest BCUT2D eigenvalue weighted by molar-refractivity contribution is 5.27. The van der Waals surface area contributed by atoms with E-state index in [9.17, 15) is 10.2 Å². The number of rotatable bonds is 2. The Morgan fingerprint density at radius 2 is 2.14 bits per heavy atom. The highest BCUT2D eigenvalue weighted by Gasteiger charge is 2.22. The third-order valence-corrected chi connectivity index (χ3v) is 2.95. The molecule has 1 aliphatic rings. The fourth-order valence-corrected chi connectivity index (χ4v) is 2.25. The van der Waals surface area contributed by atoms with Crippen molar-refractivity contribution in [3.63, 3.8) is 0 Å². The van der Waals surface area contributed by atoms with Crippen LogP contribution in [-0.2, 0) is 6.42 Å². The van der Waals surface area contributed by atoms with Crippen LogP contribution in [0.1, 0.15) is 24.8 Å². The normalized spacial score (nSPS) is 26.6. The number of benzene rings is 1. The number of aliphatic hydroxyl groups is 1. The van der Waals surface area contributed by atoms with Crippen molar-refractivity contribution in [1.29, 1.82) is 0 Å². The van der Waals surface area contributed by atoms with Gasteiger partial charge < -0.3 is 10.2 Å². The third-order valence-electron chi connectivity index (χ3n) is 2.95. The molecule has 0 amide bonds. The maximum Gasteiger partial charge on any atom is 0.115 e. The molecule has 0 radical (unpaired) electrons. The summed E-state index contributed by atoms with van der Waals surface area (Å²) in [5.74, 6) is 0.924. The van der Waals surface area contributed by atoms with Crippen LogP contribution in [0.15, 0.2) is 24.3 Å². The van der Waals surface area contributed by atoms with Crippen molar-refractivity contribution in [1.82, 2.24) is 0 Å². The quantitative estimate of drug-likeness (QED) is 0.753. The van der Waals surface area contributed by atoms with Crippen LogP contribution in [0.4, 0.5) is 0 Å². The summed E-state index contributed by atoms with van der Waals surface area (Å²) in [6, 6.07) is 7.40. The van der Waals surface area contributed by atoms with Crippen molar-refractivity contribution in [3.8, 4) is 5.75 Å². The summed E-state index contributed by atoms with van der Waals surface area (Å²) >= 11 is 0. The van der Waals surface area contributed by atoms with Gasteiger partial charge in [0.2, 0.25) is 0 Å². The molecule has 0 aliphatic heterocycles. The van der Waals surface area contributed by atoms with Crippen molar-refractivity contribution in [3.05, 3.63) is 29.8 Å². The van der Waals surface area contributed by atoms with E-state index in [0.717, 1.165) is 25.7 Å². The SMILES string of the molecule is Oc1cccc(CC2CCC(O)C2)c1. The Morgan fingerprint density at radius 1 is 1.29 bits per heavy atom. The minimum absolute atomic E-state index is 0.0997. The summed E-state index contributed by atoms with van der Waals surface area (Å²) in [6.07, 6.45) is 3.83. The average Bonchev–Trinajstić information content (AvgIpc) is 2.51. The molecule has 2 nitrogen and oxygen atoms in total. The predicted molar refractivity (Wildman–Crippen MR) is 55.2 cm³/mol. The van der Waals surface area contributed by atoms with Gasteiger partial charge in [-0.2, -0.15) is 0 Å². The number of aliphatic hydroxyl groups excluding tert-OH is 1. The molecular formula is C12H16O2.